The molecule has 0 bridgehead atoms. The lowest BCUT2D eigenvalue weighted by molar-refractivity contribution is 0.0953. The molecule has 0 fully saturated rings. The van der Waals surface area contributed by atoms with Gasteiger partial charge < -0.3 is 10.2 Å². The summed E-state index contributed by atoms with van der Waals surface area (Å²) in [7, 11) is 2.10. The molecule has 0 radical (unpaired) electrons. The molecule has 0 aliphatic heterocycles. The summed E-state index contributed by atoms with van der Waals surface area (Å²) in [5, 5.41) is 2.97. The van der Waals surface area contributed by atoms with Crippen LogP contribution in [-0.4, -0.2) is 26.0 Å². The molecule has 0 saturated heterocycles. The van der Waals surface area contributed by atoms with E-state index in [-0.39, 0.29) is 5.91 Å². The molecule has 0 atom stereocenters. The molecule has 0 aromatic heterocycles. The number of benzene rings is 2. The maximum Gasteiger partial charge on any atom is 0.251 e. The van der Waals surface area contributed by atoms with E-state index >= 15 is 0 Å². The van der Waals surface area contributed by atoms with Crippen molar-refractivity contribution < 1.29 is 4.79 Å². The molecule has 1 N–H and O–H groups in total. The summed E-state index contributed by atoms with van der Waals surface area (Å²) < 4.78 is 1.14. The van der Waals surface area contributed by atoms with Crippen LogP contribution < -0.4 is 10.2 Å². The summed E-state index contributed by atoms with van der Waals surface area (Å²) in [4.78, 5) is 14.2. The number of halogens is 1. The van der Waals surface area contributed by atoms with Crippen molar-refractivity contribution in [3.63, 3.8) is 0 Å². The van der Waals surface area contributed by atoms with Gasteiger partial charge in [0.05, 0.1) is 0 Å². The van der Waals surface area contributed by atoms with Crippen LogP contribution in [0.1, 0.15) is 23.2 Å². The number of nitrogens with one attached hydrogen (secondary N) is 1. The Kier molecular flexibility index (Phi) is 6.71. The van der Waals surface area contributed by atoms with Gasteiger partial charge in [0.25, 0.3) is 5.91 Å². The van der Waals surface area contributed by atoms with E-state index in [1.54, 1.807) is 0 Å². The molecular formula is C18H21IN2O. The zero-order valence-electron chi connectivity index (χ0n) is 12.8. The van der Waals surface area contributed by atoms with Crippen molar-refractivity contribution in [1.29, 1.82) is 0 Å². The number of anilines is 1. The summed E-state index contributed by atoms with van der Waals surface area (Å²) in [6.45, 7) is 1.71. The van der Waals surface area contributed by atoms with Crippen molar-refractivity contribution in [2.75, 3.05) is 25.0 Å². The zero-order valence-corrected chi connectivity index (χ0v) is 14.9. The number of rotatable bonds is 7. The van der Waals surface area contributed by atoms with E-state index in [9.17, 15) is 4.79 Å². The van der Waals surface area contributed by atoms with Crippen molar-refractivity contribution in [3.8, 4) is 0 Å². The molecule has 3 nitrogen and oxygen atoms in total. The number of carbonyl (C=O) groups excluding carboxylic acids is 1. The fraction of sp³-hybridized carbons (Fsp3) is 0.278. The normalized spacial score (nSPS) is 10.3. The smallest absolute Gasteiger partial charge is 0.251 e. The van der Waals surface area contributed by atoms with Crippen LogP contribution >= 0.6 is 22.6 Å². The molecule has 2 aromatic rings. The van der Waals surface area contributed by atoms with Crippen LogP contribution in [0.25, 0.3) is 0 Å². The highest BCUT2D eigenvalue weighted by Crippen LogP contribution is 2.11. The van der Waals surface area contributed by atoms with Crippen molar-refractivity contribution >= 4 is 34.2 Å². The van der Waals surface area contributed by atoms with E-state index in [4.69, 9.17) is 0 Å². The molecule has 22 heavy (non-hydrogen) atoms. The Bertz CT molecular complexity index is 584. The zero-order chi connectivity index (χ0) is 15.8. The number of nitrogens with zero attached hydrogens (tertiary/aromatic N) is 1. The third-order valence-electron chi connectivity index (χ3n) is 3.51. The van der Waals surface area contributed by atoms with E-state index in [0.717, 1.165) is 28.5 Å². The van der Waals surface area contributed by atoms with Crippen molar-refractivity contribution in [2.24, 2.45) is 0 Å². The minimum atomic E-state index is 0.00724. The molecule has 0 spiro atoms. The Hall–Kier alpha value is -1.56. The van der Waals surface area contributed by atoms with E-state index in [2.05, 4.69) is 52.0 Å². The summed E-state index contributed by atoms with van der Waals surface area (Å²) in [5.74, 6) is 0.00724. The van der Waals surface area contributed by atoms with Gasteiger partial charge in [-0.2, -0.15) is 0 Å². The molecule has 4 heteroatoms. The van der Waals surface area contributed by atoms with E-state index in [1.807, 2.05) is 42.5 Å². The topological polar surface area (TPSA) is 32.3 Å². The SMILES string of the molecule is CN(CCCCNC(=O)c1ccc(I)cc1)c1ccccc1. The van der Waals surface area contributed by atoms with Crippen LogP contribution in [0.4, 0.5) is 5.69 Å². The molecular weight excluding hydrogens is 387 g/mol. The van der Waals surface area contributed by atoms with Gasteiger partial charge in [-0.05, 0) is 71.8 Å². The first kappa shape index (κ1) is 16.8. The molecule has 0 aliphatic rings. The monoisotopic (exact) mass is 408 g/mol. The lowest BCUT2D eigenvalue weighted by atomic mass is 10.2. The predicted molar refractivity (Wildman–Crippen MR) is 100 cm³/mol. The second-order valence-electron chi connectivity index (χ2n) is 5.23. The summed E-state index contributed by atoms with van der Waals surface area (Å²) in [6.07, 6.45) is 2.03. The number of amides is 1. The molecule has 116 valence electrons. The number of hydrogen-bond acceptors (Lipinski definition) is 2. The van der Waals surface area contributed by atoms with E-state index in [1.165, 1.54) is 5.69 Å². The fourth-order valence-electron chi connectivity index (χ4n) is 2.19. The first-order valence-electron chi connectivity index (χ1n) is 7.47. The lowest BCUT2D eigenvalue weighted by Crippen LogP contribution is -2.25. The van der Waals surface area contributed by atoms with E-state index in [0.29, 0.717) is 6.54 Å². The molecule has 0 heterocycles. The Morgan fingerprint density at radius 3 is 2.41 bits per heavy atom. The summed E-state index contributed by atoms with van der Waals surface area (Å²) >= 11 is 2.23. The third-order valence-corrected chi connectivity index (χ3v) is 4.23. The van der Waals surface area contributed by atoms with Gasteiger partial charge in [-0.1, -0.05) is 18.2 Å². The fourth-order valence-corrected chi connectivity index (χ4v) is 2.55. The number of carbonyl (C=O) groups is 1. The molecule has 0 unspecified atom stereocenters. The maximum absolute atomic E-state index is 12.0. The van der Waals surface area contributed by atoms with Crippen molar-refractivity contribution in [2.45, 2.75) is 12.8 Å². The van der Waals surface area contributed by atoms with Crippen molar-refractivity contribution in [3.05, 3.63) is 63.7 Å². The van der Waals surface area contributed by atoms with Gasteiger partial charge in [-0.25, -0.2) is 0 Å². The van der Waals surface area contributed by atoms with Gasteiger partial charge in [0.15, 0.2) is 0 Å². The highest BCUT2D eigenvalue weighted by molar-refractivity contribution is 14.1. The highest BCUT2D eigenvalue weighted by Gasteiger charge is 2.04. The molecule has 2 rings (SSSR count). The van der Waals surface area contributed by atoms with Gasteiger partial charge in [0.1, 0.15) is 0 Å². The second kappa shape index (κ2) is 8.78. The van der Waals surface area contributed by atoms with Crippen LogP contribution in [0.2, 0.25) is 0 Å². The minimum Gasteiger partial charge on any atom is -0.375 e. The Morgan fingerprint density at radius 1 is 1.05 bits per heavy atom. The number of hydrogen-bond donors (Lipinski definition) is 1. The number of unbranched alkanes of at least 4 members (excludes halogenated alkanes) is 1. The van der Waals surface area contributed by atoms with E-state index < -0.39 is 0 Å². The average molecular weight is 408 g/mol. The highest BCUT2D eigenvalue weighted by atomic mass is 127. The minimum absolute atomic E-state index is 0.00724. The molecule has 0 saturated carbocycles. The average Bonchev–Trinajstić information content (AvgIpc) is 2.55. The van der Waals surface area contributed by atoms with Crippen molar-refractivity contribution in [1.82, 2.24) is 5.32 Å². The molecule has 0 aliphatic carbocycles. The van der Waals surface area contributed by atoms with Gasteiger partial charge >= 0.3 is 0 Å². The van der Waals surface area contributed by atoms with Gasteiger partial charge in [0, 0.05) is 35.0 Å². The summed E-state index contributed by atoms with van der Waals surface area (Å²) in [5.41, 5.74) is 1.95. The molecule has 1 amide bonds. The first-order chi connectivity index (χ1) is 10.7. The first-order valence-corrected chi connectivity index (χ1v) is 8.54. The Balaban J connectivity index is 1.65. The predicted octanol–water partition coefficient (Wildman–Crippen LogP) is 3.94. The van der Waals surface area contributed by atoms with Crippen LogP contribution in [0, 0.1) is 3.57 Å². The van der Waals surface area contributed by atoms with Crippen LogP contribution in [0.3, 0.4) is 0 Å². The quantitative estimate of drug-likeness (QED) is 0.556. The van der Waals surface area contributed by atoms with Crippen LogP contribution in [0.5, 0.6) is 0 Å². The standard InChI is InChI=1S/C18H21IN2O/c1-21(17-7-3-2-4-8-17)14-6-5-13-20-18(22)15-9-11-16(19)12-10-15/h2-4,7-12H,5-6,13-14H2,1H3,(H,20,22). The van der Waals surface area contributed by atoms with Gasteiger partial charge in [-0.3, -0.25) is 4.79 Å². The largest absolute Gasteiger partial charge is 0.375 e. The Labute approximate surface area is 145 Å². The number of para-hydroxylation sites is 1. The maximum atomic E-state index is 12.0. The molecule has 2 aromatic carbocycles. The third kappa shape index (κ3) is 5.33. The second-order valence-corrected chi connectivity index (χ2v) is 6.47. The van der Waals surface area contributed by atoms with Crippen LogP contribution in [-0.2, 0) is 0 Å². The Morgan fingerprint density at radius 2 is 1.73 bits per heavy atom. The van der Waals surface area contributed by atoms with Gasteiger partial charge in [-0.15, -0.1) is 0 Å². The van der Waals surface area contributed by atoms with Crippen LogP contribution in [0.15, 0.2) is 54.6 Å². The lowest BCUT2D eigenvalue weighted by Gasteiger charge is -2.19. The van der Waals surface area contributed by atoms with Gasteiger partial charge in [0.2, 0.25) is 0 Å². The summed E-state index contributed by atoms with van der Waals surface area (Å²) in [6, 6.07) is 18.0.